The number of hydrogen-bond acceptors (Lipinski definition) is 6. The van der Waals surface area contributed by atoms with Crippen molar-refractivity contribution in [2.75, 3.05) is 12.4 Å². The van der Waals surface area contributed by atoms with E-state index in [2.05, 4.69) is 62.5 Å². The number of amides is 1. The Bertz CT molecular complexity index is 1280. The molecule has 0 aliphatic heterocycles. The summed E-state index contributed by atoms with van der Waals surface area (Å²) in [4.78, 5) is 17.1. The predicted octanol–water partition coefficient (Wildman–Crippen LogP) is 6.24. The topological polar surface area (TPSA) is 75.6 Å². The summed E-state index contributed by atoms with van der Waals surface area (Å²) >= 11 is 3.73. The Morgan fingerprint density at radius 1 is 1.09 bits per heavy atom. The normalized spacial score (nSPS) is 10.9. The molecule has 0 atom stereocenters. The van der Waals surface area contributed by atoms with Crippen molar-refractivity contribution in [2.45, 2.75) is 6.92 Å². The van der Waals surface area contributed by atoms with Crippen molar-refractivity contribution in [3.63, 3.8) is 0 Å². The summed E-state index contributed by atoms with van der Waals surface area (Å²) in [5.74, 6) is 0.524. The van der Waals surface area contributed by atoms with Crippen molar-refractivity contribution >= 4 is 56.9 Å². The first kappa shape index (κ1) is 22.9. The van der Waals surface area contributed by atoms with Gasteiger partial charge >= 0.3 is 0 Å². The Kier molecular flexibility index (Phi) is 7.36. The Morgan fingerprint density at radius 3 is 2.55 bits per heavy atom. The van der Waals surface area contributed by atoms with Crippen molar-refractivity contribution < 1.29 is 9.53 Å². The highest BCUT2D eigenvalue weighted by molar-refractivity contribution is 14.1. The summed E-state index contributed by atoms with van der Waals surface area (Å²) in [5, 5.41) is 10.2. The van der Waals surface area contributed by atoms with Gasteiger partial charge in [0.05, 0.1) is 22.6 Å². The monoisotopic (exact) mass is 568 g/mol. The molecule has 1 aromatic heterocycles. The quantitative estimate of drug-likeness (QED) is 0.157. The second-order valence-electron chi connectivity index (χ2n) is 7.20. The number of methoxy groups -OCH3 is 1. The van der Waals surface area contributed by atoms with Crippen LogP contribution in [0.15, 0.2) is 77.2 Å². The molecule has 3 aromatic carbocycles. The van der Waals surface area contributed by atoms with Crippen LogP contribution in [0.1, 0.15) is 21.5 Å². The van der Waals surface area contributed by atoms with Gasteiger partial charge in [0, 0.05) is 22.2 Å². The zero-order chi connectivity index (χ0) is 23.2. The van der Waals surface area contributed by atoms with Crippen LogP contribution in [-0.4, -0.2) is 24.2 Å². The minimum absolute atomic E-state index is 0.277. The zero-order valence-electron chi connectivity index (χ0n) is 18.0. The highest BCUT2D eigenvalue weighted by Crippen LogP contribution is 2.27. The number of thiazole rings is 1. The molecule has 2 N–H and O–H groups in total. The number of nitrogens with one attached hydrogen (secondary N) is 2. The number of ether oxygens (including phenoxy) is 1. The molecular formula is C25H21IN4O2S. The van der Waals surface area contributed by atoms with Crippen LogP contribution in [0.5, 0.6) is 5.75 Å². The van der Waals surface area contributed by atoms with Crippen molar-refractivity contribution in [3.8, 4) is 17.0 Å². The van der Waals surface area contributed by atoms with E-state index in [4.69, 9.17) is 4.74 Å². The van der Waals surface area contributed by atoms with Gasteiger partial charge in [0.15, 0.2) is 5.13 Å². The van der Waals surface area contributed by atoms with Crippen LogP contribution in [0.4, 0.5) is 10.8 Å². The zero-order valence-corrected chi connectivity index (χ0v) is 21.0. The maximum atomic E-state index is 12.4. The van der Waals surface area contributed by atoms with Gasteiger partial charge < -0.3 is 10.1 Å². The van der Waals surface area contributed by atoms with E-state index in [0.717, 1.165) is 37.0 Å². The smallest absolute Gasteiger partial charge is 0.271 e. The number of rotatable bonds is 7. The van der Waals surface area contributed by atoms with Gasteiger partial charge in [-0.2, -0.15) is 5.10 Å². The van der Waals surface area contributed by atoms with Crippen LogP contribution in [-0.2, 0) is 0 Å². The molecule has 0 aliphatic carbocycles. The van der Waals surface area contributed by atoms with Gasteiger partial charge in [0.1, 0.15) is 5.75 Å². The molecular weight excluding hydrogens is 547 g/mol. The second kappa shape index (κ2) is 10.6. The van der Waals surface area contributed by atoms with Crippen LogP contribution >= 0.6 is 33.9 Å². The van der Waals surface area contributed by atoms with E-state index in [0.29, 0.717) is 5.56 Å². The number of anilines is 2. The minimum Gasteiger partial charge on any atom is -0.496 e. The summed E-state index contributed by atoms with van der Waals surface area (Å²) in [6.07, 6.45) is 1.60. The highest BCUT2D eigenvalue weighted by atomic mass is 127. The number of carbonyl (C=O) groups excluding carboxylic acids is 1. The van der Waals surface area contributed by atoms with E-state index < -0.39 is 0 Å². The number of halogens is 1. The summed E-state index contributed by atoms with van der Waals surface area (Å²) in [7, 11) is 1.63. The van der Waals surface area contributed by atoms with Gasteiger partial charge in [-0.3, -0.25) is 4.79 Å². The molecule has 0 saturated carbocycles. The molecule has 0 aliphatic rings. The minimum atomic E-state index is -0.277. The molecule has 0 radical (unpaired) electrons. The van der Waals surface area contributed by atoms with E-state index in [1.807, 2.05) is 47.8 Å². The van der Waals surface area contributed by atoms with Crippen molar-refractivity contribution in [3.05, 3.63) is 92.4 Å². The van der Waals surface area contributed by atoms with Crippen LogP contribution in [0.25, 0.3) is 11.3 Å². The molecule has 0 fully saturated rings. The number of aryl methyl sites for hydroxylation is 1. The molecule has 8 heteroatoms. The highest BCUT2D eigenvalue weighted by Gasteiger charge is 2.08. The Labute approximate surface area is 209 Å². The fourth-order valence-electron chi connectivity index (χ4n) is 3.01. The molecule has 1 heterocycles. The molecule has 1 amide bonds. The van der Waals surface area contributed by atoms with Gasteiger partial charge in [-0.25, -0.2) is 10.4 Å². The first-order chi connectivity index (χ1) is 16.0. The average Bonchev–Trinajstić information content (AvgIpc) is 3.29. The first-order valence-corrected chi connectivity index (χ1v) is 12.0. The van der Waals surface area contributed by atoms with E-state index in [1.54, 1.807) is 25.5 Å². The number of aromatic nitrogens is 1. The lowest BCUT2D eigenvalue weighted by Crippen LogP contribution is -2.17. The molecule has 0 unspecified atom stereocenters. The SMILES string of the molecule is COc1ccc(/C=N\NC(=O)c2ccc(-c3csc(Nc4ccc(C)cc4)n3)cc2)cc1I. The van der Waals surface area contributed by atoms with Crippen LogP contribution < -0.4 is 15.5 Å². The van der Waals surface area contributed by atoms with Gasteiger partial charge in [0.2, 0.25) is 0 Å². The number of hydrogen-bond donors (Lipinski definition) is 2. The molecule has 0 spiro atoms. The number of carbonyl (C=O) groups is 1. The van der Waals surface area contributed by atoms with E-state index >= 15 is 0 Å². The standard InChI is InChI=1S/C25H21IN4O2S/c1-16-3-10-20(11-4-16)28-25-29-22(15-33-25)18-6-8-19(9-7-18)24(31)30-27-14-17-5-12-23(32-2)21(26)13-17/h3-15H,1-2H3,(H,28,29)(H,30,31)/b27-14-. The lowest BCUT2D eigenvalue weighted by Gasteiger charge is -2.04. The molecule has 33 heavy (non-hydrogen) atoms. The largest absolute Gasteiger partial charge is 0.496 e. The van der Waals surface area contributed by atoms with E-state index in [1.165, 1.54) is 16.9 Å². The molecule has 4 rings (SSSR count). The van der Waals surface area contributed by atoms with Gasteiger partial charge in [-0.1, -0.05) is 29.8 Å². The van der Waals surface area contributed by atoms with Crippen molar-refractivity contribution in [1.82, 2.24) is 10.4 Å². The third-order valence-electron chi connectivity index (χ3n) is 4.81. The maximum Gasteiger partial charge on any atom is 0.271 e. The van der Waals surface area contributed by atoms with Crippen LogP contribution in [0.3, 0.4) is 0 Å². The van der Waals surface area contributed by atoms with Gasteiger partial charge in [0.25, 0.3) is 5.91 Å². The molecule has 166 valence electrons. The Balaban J connectivity index is 1.36. The van der Waals surface area contributed by atoms with E-state index in [-0.39, 0.29) is 5.91 Å². The van der Waals surface area contributed by atoms with Crippen LogP contribution in [0.2, 0.25) is 0 Å². The third-order valence-corrected chi connectivity index (χ3v) is 6.41. The lowest BCUT2D eigenvalue weighted by atomic mass is 10.1. The summed E-state index contributed by atoms with van der Waals surface area (Å²) < 4.78 is 6.22. The molecule has 6 nitrogen and oxygen atoms in total. The predicted molar refractivity (Wildman–Crippen MR) is 143 cm³/mol. The third kappa shape index (κ3) is 5.96. The summed E-state index contributed by atoms with van der Waals surface area (Å²) in [5.41, 5.74) is 7.96. The summed E-state index contributed by atoms with van der Waals surface area (Å²) in [6, 6.07) is 21.1. The number of nitrogens with zero attached hydrogens (tertiary/aromatic N) is 2. The number of hydrazone groups is 1. The first-order valence-electron chi connectivity index (χ1n) is 10.1. The van der Waals surface area contributed by atoms with Crippen molar-refractivity contribution in [2.24, 2.45) is 5.10 Å². The Morgan fingerprint density at radius 2 is 1.85 bits per heavy atom. The van der Waals surface area contributed by atoms with Crippen molar-refractivity contribution in [1.29, 1.82) is 0 Å². The lowest BCUT2D eigenvalue weighted by molar-refractivity contribution is 0.0955. The fraction of sp³-hybridized carbons (Fsp3) is 0.0800. The average molecular weight is 568 g/mol. The van der Waals surface area contributed by atoms with Gasteiger partial charge in [-0.05, 0) is 77.5 Å². The molecule has 0 bridgehead atoms. The fourth-order valence-corrected chi connectivity index (χ4v) is 4.51. The summed E-state index contributed by atoms with van der Waals surface area (Å²) in [6.45, 7) is 2.06. The molecule has 0 saturated heterocycles. The molecule has 4 aromatic rings. The van der Waals surface area contributed by atoms with Gasteiger partial charge in [-0.15, -0.1) is 11.3 Å². The van der Waals surface area contributed by atoms with Crippen LogP contribution in [0, 0.1) is 10.5 Å². The van der Waals surface area contributed by atoms with E-state index in [9.17, 15) is 4.79 Å². The maximum absolute atomic E-state index is 12.4. The second-order valence-corrected chi connectivity index (χ2v) is 9.22. The number of benzene rings is 3. The Hall–Kier alpha value is -3.24.